The van der Waals surface area contributed by atoms with Crippen molar-refractivity contribution in [3.63, 3.8) is 0 Å². The lowest BCUT2D eigenvalue weighted by molar-refractivity contribution is 0.356. The number of benzene rings is 1. The first-order valence-corrected chi connectivity index (χ1v) is 5.46. The van der Waals surface area contributed by atoms with Crippen LogP contribution in [-0.4, -0.2) is 13.2 Å². The average Bonchev–Trinajstić information content (AvgIpc) is 2.23. The smallest absolute Gasteiger partial charge is 0.127 e. The molecule has 0 unspecified atom stereocenters. The molecule has 0 radical (unpaired) electrons. The number of ether oxygens (including phenoxy) is 1. The molecule has 1 aromatic carbocycles. The molecule has 1 aromatic rings. The fraction of sp³-hybridized carbons (Fsp3) is 0.333. The van der Waals surface area contributed by atoms with Gasteiger partial charge in [0.15, 0.2) is 0 Å². The molecule has 0 fully saturated rings. The number of hydrogen-bond acceptors (Lipinski definition) is 2. The maximum atomic E-state index is 13.2. The summed E-state index contributed by atoms with van der Waals surface area (Å²) in [7, 11) is 0. The highest BCUT2D eigenvalue weighted by molar-refractivity contribution is 6.29. The minimum absolute atomic E-state index is 0.186. The molecule has 1 N–H and O–H groups in total. The Morgan fingerprint density at radius 2 is 2.25 bits per heavy atom. The molecule has 0 aliphatic rings. The van der Waals surface area contributed by atoms with Gasteiger partial charge in [0.1, 0.15) is 18.2 Å². The van der Waals surface area contributed by atoms with Crippen molar-refractivity contribution < 1.29 is 9.13 Å². The van der Waals surface area contributed by atoms with Gasteiger partial charge < -0.3 is 10.1 Å². The van der Waals surface area contributed by atoms with Crippen LogP contribution in [0.3, 0.4) is 0 Å². The van der Waals surface area contributed by atoms with E-state index in [9.17, 15) is 4.39 Å². The molecule has 0 aliphatic carbocycles. The topological polar surface area (TPSA) is 21.3 Å². The highest BCUT2D eigenvalue weighted by Gasteiger charge is 2.02. The van der Waals surface area contributed by atoms with Gasteiger partial charge in [-0.2, -0.15) is 0 Å². The molecule has 2 nitrogen and oxygen atoms in total. The van der Waals surface area contributed by atoms with E-state index >= 15 is 0 Å². The summed E-state index contributed by atoms with van der Waals surface area (Å²) in [5.41, 5.74) is 0.844. The van der Waals surface area contributed by atoms with Crippen LogP contribution in [0.4, 0.5) is 4.39 Å². The van der Waals surface area contributed by atoms with E-state index in [0.29, 0.717) is 17.3 Å². The Labute approximate surface area is 100 Å². The first-order valence-electron chi connectivity index (χ1n) is 5.08. The van der Waals surface area contributed by atoms with Crippen molar-refractivity contribution in [2.24, 2.45) is 0 Å². The molecule has 4 heteroatoms. The summed E-state index contributed by atoms with van der Waals surface area (Å²) in [6.45, 7) is 7.14. The summed E-state index contributed by atoms with van der Waals surface area (Å²) in [5, 5.41) is 3.50. The van der Waals surface area contributed by atoms with Crippen LogP contribution in [-0.2, 0) is 6.54 Å². The monoisotopic (exact) mass is 243 g/mol. The molecular weight excluding hydrogens is 229 g/mol. The van der Waals surface area contributed by atoms with E-state index in [2.05, 4.69) is 11.9 Å². The van der Waals surface area contributed by atoms with Crippen LogP contribution in [0.15, 0.2) is 29.8 Å². The van der Waals surface area contributed by atoms with Crippen LogP contribution in [0.2, 0.25) is 0 Å². The predicted octanol–water partition coefficient (Wildman–Crippen LogP) is 3.07. The maximum absolute atomic E-state index is 13.2. The SMILES string of the molecule is C=C(Cl)COc1cc(F)cc(CNCC)c1. The molecule has 0 aliphatic heterocycles. The van der Waals surface area contributed by atoms with Gasteiger partial charge in [0.2, 0.25) is 0 Å². The second-order valence-corrected chi connectivity index (χ2v) is 3.92. The highest BCUT2D eigenvalue weighted by atomic mass is 35.5. The lowest BCUT2D eigenvalue weighted by atomic mass is 10.2. The Morgan fingerprint density at radius 1 is 1.50 bits per heavy atom. The fourth-order valence-corrected chi connectivity index (χ4v) is 1.29. The Morgan fingerprint density at radius 3 is 2.88 bits per heavy atom. The average molecular weight is 244 g/mol. The zero-order chi connectivity index (χ0) is 12.0. The second-order valence-electron chi connectivity index (χ2n) is 3.38. The summed E-state index contributed by atoms with van der Waals surface area (Å²) in [6.07, 6.45) is 0. The van der Waals surface area contributed by atoms with Gasteiger partial charge in [0.05, 0.1) is 0 Å². The number of hydrogen-bond donors (Lipinski definition) is 1. The second kappa shape index (κ2) is 6.51. The first kappa shape index (κ1) is 13.0. The van der Waals surface area contributed by atoms with Gasteiger partial charge in [-0.1, -0.05) is 25.1 Å². The van der Waals surface area contributed by atoms with Crippen molar-refractivity contribution >= 4 is 11.6 Å². The van der Waals surface area contributed by atoms with E-state index in [1.807, 2.05) is 6.92 Å². The van der Waals surface area contributed by atoms with Gasteiger partial charge in [-0.15, -0.1) is 0 Å². The van der Waals surface area contributed by atoms with Crippen molar-refractivity contribution in [3.05, 3.63) is 41.2 Å². The van der Waals surface area contributed by atoms with Crippen molar-refractivity contribution in [2.45, 2.75) is 13.5 Å². The van der Waals surface area contributed by atoms with Crippen LogP contribution >= 0.6 is 11.6 Å². The predicted molar refractivity (Wildman–Crippen MR) is 64.3 cm³/mol. The molecule has 16 heavy (non-hydrogen) atoms. The minimum atomic E-state index is -0.314. The van der Waals surface area contributed by atoms with Gasteiger partial charge >= 0.3 is 0 Å². The molecule has 0 amide bonds. The van der Waals surface area contributed by atoms with E-state index in [1.165, 1.54) is 12.1 Å². The van der Waals surface area contributed by atoms with Gasteiger partial charge in [0.25, 0.3) is 0 Å². The molecule has 0 saturated heterocycles. The summed E-state index contributed by atoms with van der Waals surface area (Å²) >= 11 is 5.57. The van der Waals surface area contributed by atoms with E-state index in [0.717, 1.165) is 12.1 Å². The highest BCUT2D eigenvalue weighted by Crippen LogP contribution is 2.17. The van der Waals surface area contributed by atoms with Crippen LogP contribution in [0.25, 0.3) is 0 Å². The number of rotatable bonds is 6. The zero-order valence-electron chi connectivity index (χ0n) is 9.22. The normalized spacial score (nSPS) is 10.2. The van der Waals surface area contributed by atoms with Crippen molar-refractivity contribution in [2.75, 3.05) is 13.2 Å². The molecule has 1 rings (SSSR count). The van der Waals surface area contributed by atoms with E-state index in [-0.39, 0.29) is 12.4 Å². The third-order valence-electron chi connectivity index (χ3n) is 1.91. The summed E-state index contributed by atoms with van der Waals surface area (Å²) in [6, 6.07) is 4.59. The van der Waals surface area contributed by atoms with Crippen LogP contribution in [0.1, 0.15) is 12.5 Å². The van der Waals surface area contributed by atoms with Gasteiger partial charge in [-0.3, -0.25) is 0 Å². The Balaban J connectivity index is 2.69. The van der Waals surface area contributed by atoms with E-state index in [1.54, 1.807) is 6.07 Å². The standard InChI is InChI=1S/C12H15ClFNO/c1-3-15-7-10-4-11(14)6-12(5-10)16-8-9(2)13/h4-6,15H,2-3,7-8H2,1H3. The number of halogens is 2. The lowest BCUT2D eigenvalue weighted by Gasteiger charge is -2.08. The molecular formula is C12H15ClFNO. The van der Waals surface area contributed by atoms with Gasteiger partial charge in [-0.05, 0) is 24.2 Å². The molecule has 0 atom stereocenters. The largest absolute Gasteiger partial charge is 0.488 e. The minimum Gasteiger partial charge on any atom is -0.488 e. The Kier molecular flexibility index (Phi) is 5.29. The third-order valence-corrected chi connectivity index (χ3v) is 2.01. The molecule has 0 bridgehead atoms. The summed E-state index contributed by atoms with van der Waals surface area (Å²) in [4.78, 5) is 0. The van der Waals surface area contributed by atoms with E-state index in [4.69, 9.17) is 16.3 Å². The van der Waals surface area contributed by atoms with Crippen molar-refractivity contribution in [1.82, 2.24) is 5.32 Å². The third kappa shape index (κ3) is 4.64. The maximum Gasteiger partial charge on any atom is 0.127 e. The molecule has 0 aromatic heterocycles. The molecule has 0 heterocycles. The summed E-state index contributed by atoms with van der Waals surface area (Å²) in [5.74, 6) is 0.153. The van der Waals surface area contributed by atoms with E-state index < -0.39 is 0 Å². The van der Waals surface area contributed by atoms with Crippen LogP contribution in [0, 0.1) is 5.82 Å². The van der Waals surface area contributed by atoms with Gasteiger partial charge in [0, 0.05) is 17.6 Å². The molecule has 0 spiro atoms. The van der Waals surface area contributed by atoms with Crippen molar-refractivity contribution in [1.29, 1.82) is 0 Å². The van der Waals surface area contributed by atoms with Crippen LogP contribution < -0.4 is 10.1 Å². The fourth-order valence-electron chi connectivity index (χ4n) is 1.24. The molecule has 88 valence electrons. The van der Waals surface area contributed by atoms with Gasteiger partial charge in [-0.25, -0.2) is 4.39 Å². The number of nitrogens with one attached hydrogen (secondary N) is 1. The van der Waals surface area contributed by atoms with Crippen molar-refractivity contribution in [3.8, 4) is 5.75 Å². The lowest BCUT2D eigenvalue weighted by Crippen LogP contribution is -2.12. The Hall–Kier alpha value is -1.06. The van der Waals surface area contributed by atoms with Crippen LogP contribution in [0.5, 0.6) is 5.75 Å². The molecule has 0 saturated carbocycles. The zero-order valence-corrected chi connectivity index (χ0v) is 9.98. The quantitative estimate of drug-likeness (QED) is 0.829. The Bertz CT molecular complexity index is 368. The summed E-state index contributed by atoms with van der Waals surface area (Å²) < 4.78 is 18.5. The first-order chi connectivity index (χ1) is 7.61.